The lowest BCUT2D eigenvalue weighted by atomic mass is 9.94. The molecule has 76 valence electrons. The molecule has 0 spiro atoms. The van der Waals surface area contributed by atoms with Gasteiger partial charge in [-0.05, 0) is 13.0 Å². The highest BCUT2D eigenvalue weighted by Gasteiger charge is 2.32. The summed E-state index contributed by atoms with van der Waals surface area (Å²) in [4.78, 5) is 20.4. The molecule has 14 heavy (non-hydrogen) atoms. The van der Waals surface area contributed by atoms with Crippen LogP contribution in [0.15, 0.2) is 23.0 Å². The van der Waals surface area contributed by atoms with Gasteiger partial charge in [0, 0.05) is 16.9 Å². The quantitative estimate of drug-likeness (QED) is 0.539. The Morgan fingerprint density at radius 2 is 2.36 bits per heavy atom. The van der Waals surface area contributed by atoms with Crippen molar-refractivity contribution in [3.05, 3.63) is 33.2 Å². The standard InChI is InChI=1S/C8H8FNO4/c1-4-6(10(13)14)3-2-5(9)7(4)8(11)12/h2,6H,3H2,1H3,(H,11,12). The van der Waals surface area contributed by atoms with Crippen LogP contribution in [-0.2, 0) is 4.79 Å². The third-order valence-corrected chi connectivity index (χ3v) is 2.12. The van der Waals surface area contributed by atoms with Gasteiger partial charge in [-0.15, -0.1) is 0 Å². The van der Waals surface area contributed by atoms with Gasteiger partial charge in [-0.2, -0.15) is 0 Å². The molecule has 0 fully saturated rings. The molecule has 0 bridgehead atoms. The van der Waals surface area contributed by atoms with Gasteiger partial charge < -0.3 is 5.11 Å². The molecule has 1 rings (SSSR count). The van der Waals surface area contributed by atoms with E-state index in [1.165, 1.54) is 6.92 Å². The fourth-order valence-electron chi connectivity index (χ4n) is 1.36. The van der Waals surface area contributed by atoms with E-state index in [2.05, 4.69) is 0 Å². The van der Waals surface area contributed by atoms with Gasteiger partial charge in [-0.3, -0.25) is 10.1 Å². The van der Waals surface area contributed by atoms with Crippen molar-refractivity contribution in [3.63, 3.8) is 0 Å². The average molecular weight is 201 g/mol. The van der Waals surface area contributed by atoms with Crippen molar-refractivity contribution in [1.29, 1.82) is 0 Å². The molecule has 0 aromatic heterocycles. The third-order valence-electron chi connectivity index (χ3n) is 2.12. The number of carbonyl (C=O) groups is 1. The molecule has 0 saturated carbocycles. The van der Waals surface area contributed by atoms with Crippen LogP contribution in [0.5, 0.6) is 0 Å². The first kappa shape index (κ1) is 10.4. The van der Waals surface area contributed by atoms with E-state index in [-0.39, 0.29) is 12.0 Å². The number of nitrogens with zero attached hydrogens (tertiary/aromatic N) is 1. The molecule has 0 heterocycles. The summed E-state index contributed by atoms with van der Waals surface area (Å²) in [6, 6.07) is -1.12. The van der Waals surface area contributed by atoms with Crippen molar-refractivity contribution in [1.82, 2.24) is 0 Å². The van der Waals surface area contributed by atoms with E-state index >= 15 is 0 Å². The number of hydrogen-bond donors (Lipinski definition) is 1. The molecule has 0 radical (unpaired) electrons. The second-order valence-electron chi connectivity index (χ2n) is 2.95. The lowest BCUT2D eigenvalue weighted by Crippen LogP contribution is -2.26. The van der Waals surface area contributed by atoms with Crippen LogP contribution in [0.3, 0.4) is 0 Å². The Morgan fingerprint density at radius 3 is 2.79 bits per heavy atom. The van der Waals surface area contributed by atoms with Crippen LogP contribution in [0.2, 0.25) is 0 Å². The number of hydrogen-bond acceptors (Lipinski definition) is 3. The van der Waals surface area contributed by atoms with Gasteiger partial charge in [0.15, 0.2) is 0 Å². The first-order valence-corrected chi connectivity index (χ1v) is 3.88. The Labute approximate surface area is 78.7 Å². The maximum atomic E-state index is 13.0. The minimum atomic E-state index is -1.47. The SMILES string of the molecule is CC1=C(C(=O)O)C(F)=CCC1[N+](=O)[O-]. The molecule has 1 aliphatic carbocycles. The van der Waals surface area contributed by atoms with Crippen molar-refractivity contribution in [3.8, 4) is 0 Å². The third kappa shape index (κ3) is 1.63. The van der Waals surface area contributed by atoms with Gasteiger partial charge in [0.1, 0.15) is 11.4 Å². The Hall–Kier alpha value is -1.72. The van der Waals surface area contributed by atoms with E-state index in [1.54, 1.807) is 0 Å². The summed E-state index contributed by atoms with van der Waals surface area (Å²) in [6.45, 7) is 1.27. The van der Waals surface area contributed by atoms with Gasteiger partial charge in [0.05, 0.1) is 0 Å². The number of aliphatic carboxylic acids is 1. The van der Waals surface area contributed by atoms with Crippen LogP contribution < -0.4 is 0 Å². The number of halogens is 1. The lowest BCUT2D eigenvalue weighted by molar-refractivity contribution is -0.511. The van der Waals surface area contributed by atoms with Crippen molar-refractivity contribution in [2.24, 2.45) is 0 Å². The topological polar surface area (TPSA) is 80.4 Å². The second-order valence-corrected chi connectivity index (χ2v) is 2.95. The van der Waals surface area contributed by atoms with E-state index in [9.17, 15) is 19.3 Å². The molecule has 6 heteroatoms. The summed E-state index contributed by atoms with van der Waals surface area (Å²) in [6.07, 6.45) is 0.839. The maximum absolute atomic E-state index is 13.0. The van der Waals surface area contributed by atoms with Gasteiger partial charge in [-0.25, -0.2) is 9.18 Å². The van der Waals surface area contributed by atoms with E-state index < -0.39 is 28.3 Å². The van der Waals surface area contributed by atoms with E-state index in [1.807, 2.05) is 0 Å². The highest BCUT2D eigenvalue weighted by atomic mass is 19.1. The fraction of sp³-hybridized carbons (Fsp3) is 0.375. The van der Waals surface area contributed by atoms with Crippen LogP contribution in [0.25, 0.3) is 0 Å². The zero-order valence-corrected chi connectivity index (χ0v) is 7.36. The zero-order chi connectivity index (χ0) is 10.9. The molecule has 0 aromatic rings. The summed E-state index contributed by atoms with van der Waals surface area (Å²) in [5.41, 5.74) is -0.625. The molecule has 1 atom stereocenters. The molecule has 0 saturated heterocycles. The van der Waals surface area contributed by atoms with Gasteiger partial charge >= 0.3 is 5.97 Å². The maximum Gasteiger partial charge on any atom is 0.338 e. The second kappa shape index (κ2) is 3.57. The van der Waals surface area contributed by atoms with Gasteiger partial charge in [-0.1, -0.05) is 0 Å². The predicted molar refractivity (Wildman–Crippen MR) is 44.9 cm³/mol. The number of rotatable bonds is 2. The molecular formula is C8H8FNO4. The number of carboxylic acid groups (broad SMARTS) is 1. The molecular weight excluding hydrogens is 193 g/mol. The highest BCUT2D eigenvalue weighted by Crippen LogP contribution is 2.27. The van der Waals surface area contributed by atoms with Crippen LogP contribution in [-0.4, -0.2) is 22.0 Å². The van der Waals surface area contributed by atoms with E-state index in [4.69, 9.17) is 5.11 Å². The first-order chi connectivity index (χ1) is 6.45. The summed E-state index contributed by atoms with van der Waals surface area (Å²) < 4.78 is 13.0. The largest absolute Gasteiger partial charge is 0.478 e. The van der Waals surface area contributed by atoms with Crippen molar-refractivity contribution < 1.29 is 19.2 Å². The minimum absolute atomic E-state index is 0.0394. The number of carboxylic acids is 1. The smallest absolute Gasteiger partial charge is 0.338 e. The van der Waals surface area contributed by atoms with Crippen molar-refractivity contribution in [2.45, 2.75) is 19.4 Å². The van der Waals surface area contributed by atoms with Crippen LogP contribution in [0.4, 0.5) is 4.39 Å². The Balaban J connectivity index is 3.17. The normalized spacial score (nSPS) is 21.9. The van der Waals surface area contributed by atoms with Crippen LogP contribution >= 0.6 is 0 Å². The summed E-state index contributed by atoms with van der Waals surface area (Å²) >= 11 is 0. The molecule has 0 aliphatic heterocycles. The Bertz CT molecular complexity index is 358. The highest BCUT2D eigenvalue weighted by molar-refractivity contribution is 5.92. The average Bonchev–Trinajstić information content (AvgIpc) is 2.02. The zero-order valence-electron chi connectivity index (χ0n) is 7.36. The van der Waals surface area contributed by atoms with Crippen molar-refractivity contribution >= 4 is 5.97 Å². The monoisotopic (exact) mass is 201 g/mol. The minimum Gasteiger partial charge on any atom is -0.478 e. The predicted octanol–water partition coefficient (Wildman–Crippen LogP) is 1.29. The van der Waals surface area contributed by atoms with E-state index in [0.29, 0.717) is 0 Å². The molecule has 1 unspecified atom stereocenters. The Kier molecular flexibility index (Phi) is 2.64. The summed E-state index contributed by atoms with van der Waals surface area (Å²) in [5.74, 6) is -2.36. The molecule has 0 aromatic carbocycles. The van der Waals surface area contributed by atoms with Crippen molar-refractivity contribution in [2.75, 3.05) is 0 Å². The molecule has 1 aliphatic rings. The first-order valence-electron chi connectivity index (χ1n) is 3.88. The van der Waals surface area contributed by atoms with E-state index in [0.717, 1.165) is 6.08 Å². The summed E-state index contributed by atoms with van der Waals surface area (Å²) in [5, 5.41) is 19.1. The molecule has 0 amide bonds. The van der Waals surface area contributed by atoms with Crippen LogP contribution in [0, 0.1) is 10.1 Å². The lowest BCUT2D eigenvalue weighted by Gasteiger charge is -2.15. The fourth-order valence-corrected chi connectivity index (χ4v) is 1.36. The number of nitro groups is 1. The Morgan fingerprint density at radius 1 is 1.79 bits per heavy atom. The van der Waals surface area contributed by atoms with Gasteiger partial charge in [0.25, 0.3) is 0 Å². The molecule has 1 N–H and O–H groups in total. The summed E-state index contributed by atoms with van der Waals surface area (Å²) in [7, 11) is 0. The van der Waals surface area contributed by atoms with Crippen LogP contribution in [0.1, 0.15) is 13.3 Å². The molecule has 5 nitrogen and oxygen atoms in total. The van der Waals surface area contributed by atoms with Gasteiger partial charge in [0.2, 0.25) is 6.04 Å².